The molecule has 0 saturated heterocycles. The molecule has 0 spiro atoms. The fraction of sp³-hybridized carbons (Fsp3) is 0.200. The fourth-order valence-corrected chi connectivity index (χ4v) is 3.13. The quantitative estimate of drug-likeness (QED) is 0.738. The van der Waals surface area contributed by atoms with E-state index in [1.54, 1.807) is 32.0 Å². The number of methoxy groups -OCH3 is 1. The highest BCUT2D eigenvalue weighted by atomic mass is 19.1. The van der Waals surface area contributed by atoms with Crippen LogP contribution in [0.3, 0.4) is 0 Å². The number of nitrogens with zero attached hydrogens (tertiary/aromatic N) is 1. The minimum absolute atomic E-state index is 0.185. The number of aromatic hydroxyl groups is 1. The average Bonchev–Trinajstić information content (AvgIpc) is 2.63. The summed E-state index contributed by atoms with van der Waals surface area (Å²) in [5, 5.41) is 11.0. The summed E-state index contributed by atoms with van der Waals surface area (Å²) in [4.78, 5) is 29.4. The van der Waals surface area contributed by atoms with Crippen LogP contribution in [0.1, 0.15) is 22.8 Å². The number of fused-ring (bicyclic) bond motifs is 1. The Morgan fingerprint density at radius 2 is 2.04 bits per heavy atom. The number of carbonyl (C=O) groups excluding carboxylic acids is 1. The molecule has 2 aromatic carbocycles. The number of hydrogen-bond donors (Lipinski definition) is 2. The van der Waals surface area contributed by atoms with Gasteiger partial charge in [-0.3, -0.25) is 9.59 Å². The summed E-state index contributed by atoms with van der Waals surface area (Å²) in [6.07, 6.45) is 0. The van der Waals surface area contributed by atoms with Crippen molar-refractivity contribution < 1.29 is 19.0 Å². The molecule has 0 saturated carbocycles. The highest BCUT2D eigenvalue weighted by Crippen LogP contribution is 2.36. The summed E-state index contributed by atoms with van der Waals surface area (Å²) in [5.41, 5.74) is 0.231. The molecule has 0 aliphatic carbocycles. The van der Waals surface area contributed by atoms with E-state index in [0.717, 1.165) is 5.56 Å². The van der Waals surface area contributed by atoms with Gasteiger partial charge >= 0.3 is 0 Å². The van der Waals surface area contributed by atoms with E-state index >= 15 is 0 Å². The van der Waals surface area contributed by atoms with Crippen LogP contribution in [-0.4, -0.2) is 29.7 Å². The zero-order valence-electron chi connectivity index (χ0n) is 15.2. The van der Waals surface area contributed by atoms with Crippen LogP contribution < -0.4 is 15.2 Å². The van der Waals surface area contributed by atoms with Gasteiger partial charge in [0.25, 0.3) is 11.5 Å². The molecule has 0 atom stereocenters. The summed E-state index contributed by atoms with van der Waals surface area (Å²) in [6, 6.07) is 8.85. The van der Waals surface area contributed by atoms with Crippen molar-refractivity contribution in [3.63, 3.8) is 0 Å². The molecule has 0 aliphatic heterocycles. The van der Waals surface area contributed by atoms with Gasteiger partial charge in [-0.15, -0.1) is 0 Å². The van der Waals surface area contributed by atoms with E-state index in [4.69, 9.17) is 4.74 Å². The first-order valence-corrected chi connectivity index (χ1v) is 8.39. The Morgan fingerprint density at radius 3 is 2.67 bits per heavy atom. The number of rotatable bonds is 4. The molecule has 1 heterocycles. The molecular weight excluding hydrogens is 351 g/mol. The molecule has 0 fully saturated rings. The molecule has 0 aliphatic rings. The maximum absolute atomic E-state index is 13.6. The smallest absolute Gasteiger partial charge is 0.267 e. The Kier molecular flexibility index (Phi) is 4.85. The van der Waals surface area contributed by atoms with Gasteiger partial charge in [-0.05, 0) is 43.7 Å². The maximum atomic E-state index is 13.6. The number of benzene rings is 2. The van der Waals surface area contributed by atoms with Gasteiger partial charge < -0.3 is 19.7 Å². The van der Waals surface area contributed by atoms with E-state index in [1.165, 1.54) is 30.2 Å². The monoisotopic (exact) mass is 370 g/mol. The predicted octanol–water partition coefficient (Wildman–Crippen LogP) is 3.36. The minimum Gasteiger partial charge on any atom is -0.506 e. The van der Waals surface area contributed by atoms with Crippen molar-refractivity contribution >= 4 is 22.5 Å². The number of aromatic amines is 1. The third-order valence-electron chi connectivity index (χ3n) is 4.40. The van der Waals surface area contributed by atoms with Gasteiger partial charge in [0.2, 0.25) is 0 Å². The van der Waals surface area contributed by atoms with Crippen LogP contribution in [0.15, 0.2) is 41.2 Å². The summed E-state index contributed by atoms with van der Waals surface area (Å²) < 4.78 is 18.9. The molecule has 6 nitrogen and oxygen atoms in total. The number of H-pyrrole nitrogens is 1. The maximum Gasteiger partial charge on any atom is 0.267 e. The first-order valence-electron chi connectivity index (χ1n) is 8.39. The summed E-state index contributed by atoms with van der Waals surface area (Å²) >= 11 is 0. The Labute approximate surface area is 154 Å². The zero-order chi connectivity index (χ0) is 19.7. The van der Waals surface area contributed by atoms with Crippen molar-refractivity contribution in [1.82, 2.24) is 4.98 Å². The summed E-state index contributed by atoms with van der Waals surface area (Å²) in [5.74, 6) is -1.33. The van der Waals surface area contributed by atoms with Crippen molar-refractivity contribution in [1.29, 1.82) is 0 Å². The SMILES string of the molecule is CCN(C(=O)c1c(O)c2c(OC)c(C)ccc2[nH]c1=O)c1cccc(F)c1. The van der Waals surface area contributed by atoms with Crippen molar-refractivity contribution in [2.24, 2.45) is 0 Å². The molecule has 0 unspecified atom stereocenters. The van der Waals surface area contributed by atoms with Gasteiger partial charge in [0.15, 0.2) is 0 Å². The molecule has 2 N–H and O–H groups in total. The number of halogens is 1. The van der Waals surface area contributed by atoms with E-state index in [9.17, 15) is 19.1 Å². The largest absolute Gasteiger partial charge is 0.506 e. The van der Waals surface area contributed by atoms with Gasteiger partial charge in [0.05, 0.1) is 18.0 Å². The van der Waals surface area contributed by atoms with E-state index in [-0.39, 0.29) is 17.6 Å². The number of amides is 1. The summed E-state index contributed by atoms with van der Waals surface area (Å²) in [7, 11) is 1.44. The third-order valence-corrected chi connectivity index (χ3v) is 4.40. The number of aromatic nitrogens is 1. The van der Waals surface area contributed by atoms with Crippen LogP contribution in [0.5, 0.6) is 11.5 Å². The van der Waals surface area contributed by atoms with E-state index in [2.05, 4.69) is 4.98 Å². The first-order chi connectivity index (χ1) is 12.9. The number of ether oxygens (including phenoxy) is 1. The zero-order valence-corrected chi connectivity index (χ0v) is 15.2. The molecule has 0 bridgehead atoms. The van der Waals surface area contributed by atoms with Crippen molar-refractivity contribution in [3.05, 3.63) is 63.7 Å². The molecule has 1 amide bonds. The van der Waals surface area contributed by atoms with Gasteiger partial charge in [0, 0.05) is 12.2 Å². The van der Waals surface area contributed by atoms with Crippen LogP contribution in [0.4, 0.5) is 10.1 Å². The minimum atomic E-state index is -0.731. The molecule has 3 aromatic rings. The lowest BCUT2D eigenvalue weighted by Gasteiger charge is -2.22. The Morgan fingerprint density at radius 1 is 1.30 bits per heavy atom. The van der Waals surface area contributed by atoms with Gasteiger partial charge in [-0.2, -0.15) is 0 Å². The van der Waals surface area contributed by atoms with E-state index in [0.29, 0.717) is 11.3 Å². The third kappa shape index (κ3) is 3.12. The van der Waals surface area contributed by atoms with E-state index in [1.807, 2.05) is 0 Å². The molecule has 0 radical (unpaired) electrons. The molecular formula is C20H19FN2O4. The Hall–Kier alpha value is -3.35. The number of carbonyl (C=O) groups is 1. The topological polar surface area (TPSA) is 82.6 Å². The number of aryl methyl sites for hydroxylation is 1. The van der Waals surface area contributed by atoms with Crippen molar-refractivity contribution in [2.45, 2.75) is 13.8 Å². The first kappa shape index (κ1) is 18.4. The van der Waals surface area contributed by atoms with Gasteiger partial charge in [0.1, 0.15) is 22.9 Å². The lowest BCUT2D eigenvalue weighted by molar-refractivity contribution is 0.0984. The standard InChI is InChI=1S/C20H19FN2O4/c1-4-23(13-7-5-6-12(21)10-13)20(26)16-17(24)15-14(22-19(16)25)9-8-11(2)18(15)27-3/h5-10H,4H2,1-3H3,(H2,22,24,25). The average molecular weight is 370 g/mol. The number of anilines is 1. The van der Waals surface area contributed by atoms with Crippen LogP contribution in [0, 0.1) is 12.7 Å². The number of pyridine rings is 1. The van der Waals surface area contributed by atoms with Gasteiger partial charge in [-0.1, -0.05) is 12.1 Å². The number of hydrogen-bond acceptors (Lipinski definition) is 4. The highest BCUT2D eigenvalue weighted by Gasteiger charge is 2.26. The molecule has 1 aromatic heterocycles. The van der Waals surface area contributed by atoms with E-state index < -0.39 is 28.6 Å². The molecule has 140 valence electrons. The second-order valence-electron chi connectivity index (χ2n) is 6.05. The lowest BCUT2D eigenvalue weighted by Crippen LogP contribution is -2.35. The second kappa shape index (κ2) is 7.11. The number of nitrogens with one attached hydrogen (secondary N) is 1. The molecule has 7 heteroatoms. The Balaban J connectivity index is 2.24. The molecule has 3 rings (SSSR count). The summed E-state index contributed by atoms with van der Waals surface area (Å²) in [6.45, 7) is 3.67. The van der Waals surface area contributed by atoms with Crippen LogP contribution >= 0.6 is 0 Å². The molecule has 27 heavy (non-hydrogen) atoms. The van der Waals surface area contributed by atoms with Crippen molar-refractivity contribution in [2.75, 3.05) is 18.6 Å². The van der Waals surface area contributed by atoms with Crippen LogP contribution in [-0.2, 0) is 0 Å². The second-order valence-corrected chi connectivity index (χ2v) is 6.05. The van der Waals surface area contributed by atoms with Crippen molar-refractivity contribution in [3.8, 4) is 11.5 Å². The fourth-order valence-electron chi connectivity index (χ4n) is 3.13. The normalized spacial score (nSPS) is 10.8. The predicted molar refractivity (Wildman–Crippen MR) is 101 cm³/mol. The lowest BCUT2D eigenvalue weighted by atomic mass is 10.1. The van der Waals surface area contributed by atoms with Crippen LogP contribution in [0.25, 0.3) is 10.9 Å². The highest BCUT2D eigenvalue weighted by molar-refractivity contribution is 6.11. The van der Waals surface area contributed by atoms with Gasteiger partial charge in [-0.25, -0.2) is 4.39 Å². The van der Waals surface area contributed by atoms with Crippen LogP contribution in [0.2, 0.25) is 0 Å². The Bertz CT molecular complexity index is 1090.